The van der Waals surface area contributed by atoms with Gasteiger partial charge in [0, 0.05) is 22.8 Å². The zero-order valence-corrected chi connectivity index (χ0v) is 9.52. The Morgan fingerprint density at radius 2 is 2.07 bits per heavy atom. The summed E-state index contributed by atoms with van der Waals surface area (Å²) in [5.74, 6) is 0. The molecule has 84 valence electrons. The van der Waals surface area contributed by atoms with Gasteiger partial charge in [-0.3, -0.25) is 4.79 Å². The second kappa shape index (κ2) is 4.38. The van der Waals surface area contributed by atoms with Crippen molar-refractivity contribution < 1.29 is 13.2 Å². The van der Waals surface area contributed by atoms with Crippen molar-refractivity contribution in [2.45, 2.75) is 26.1 Å². The number of rotatable bonds is 2. The third kappa shape index (κ3) is 3.70. The summed E-state index contributed by atoms with van der Waals surface area (Å²) < 4.78 is 37.5. The zero-order chi connectivity index (χ0) is 11.6. The lowest BCUT2D eigenvalue weighted by atomic mass is 10.3. The van der Waals surface area contributed by atoms with Crippen LogP contribution in [0, 0.1) is 6.92 Å². The summed E-state index contributed by atoms with van der Waals surface area (Å²) >= 11 is 3.13. The Morgan fingerprint density at radius 1 is 1.47 bits per heavy atom. The summed E-state index contributed by atoms with van der Waals surface area (Å²) in [6.07, 6.45) is -3.88. The van der Waals surface area contributed by atoms with Gasteiger partial charge >= 0.3 is 6.18 Å². The minimum atomic E-state index is -4.24. The van der Waals surface area contributed by atoms with Crippen LogP contribution in [0.15, 0.2) is 21.5 Å². The van der Waals surface area contributed by atoms with Gasteiger partial charge in [0.1, 0.15) is 0 Å². The maximum Gasteiger partial charge on any atom is 0.390 e. The van der Waals surface area contributed by atoms with Crippen LogP contribution in [0.1, 0.15) is 12.0 Å². The van der Waals surface area contributed by atoms with Crippen molar-refractivity contribution in [2.24, 2.45) is 0 Å². The molecule has 6 heteroatoms. The van der Waals surface area contributed by atoms with Gasteiger partial charge in [0.25, 0.3) is 5.56 Å². The highest BCUT2D eigenvalue weighted by atomic mass is 79.9. The highest BCUT2D eigenvalue weighted by Crippen LogP contribution is 2.20. The molecule has 15 heavy (non-hydrogen) atoms. The Balaban J connectivity index is 2.91. The maximum atomic E-state index is 11.9. The number of hydrogen-bond donors (Lipinski definition) is 0. The predicted octanol–water partition coefficient (Wildman–Crippen LogP) is 2.87. The molecular weight excluding hydrogens is 275 g/mol. The highest BCUT2D eigenvalue weighted by molar-refractivity contribution is 9.10. The number of nitrogens with zero attached hydrogens (tertiary/aromatic N) is 1. The van der Waals surface area contributed by atoms with Crippen molar-refractivity contribution in [1.82, 2.24) is 4.57 Å². The molecule has 0 radical (unpaired) electrons. The fraction of sp³-hybridized carbons (Fsp3) is 0.444. The Labute approximate surface area is 92.8 Å². The lowest BCUT2D eigenvalue weighted by Gasteiger charge is -2.09. The summed E-state index contributed by atoms with van der Waals surface area (Å²) in [5, 5.41) is 0. The topological polar surface area (TPSA) is 22.0 Å². The molecule has 0 fully saturated rings. The summed E-state index contributed by atoms with van der Waals surface area (Å²) in [4.78, 5) is 11.4. The van der Waals surface area contributed by atoms with Crippen LogP contribution in [0.2, 0.25) is 0 Å². The number of halogens is 4. The van der Waals surface area contributed by atoms with Crippen LogP contribution in [-0.2, 0) is 6.54 Å². The summed E-state index contributed by atoms with van der Waals surface area (Å²) in [6.45, 7) is 1.22. The Kier molecular flexibility index (Phi) is 3.59. The molecule has 1 rings (SSSR count). The van der Waals surface area contributed by atoms with Crippen molar-refractivity contribution in [3.8, 4) is 0 Å². The second-order valence-corrected chi connectivity index (χ2v) is 4.12. The number of aromatic nitrogens is 1. The Hall–Kier alpha value is -0.780. The summed E-state index contributed by atoms with van der Waals surface area (Å²) in [7, 11) is 0. The van der Waals surface area contributed by atoms with E-state index >= 15 is 0 Å². The molecule has 0 amide bonds. The van der Waals surface area contributed by atoms with E-state index in [1.165, 1.54) is 6.20 Å². The first-order valence-corrected chi connectivity index (χ1v) is 5.02. The van der Waals surface area contributed by atoms with E-state index in [-0.39, 0.29) is 12.1 Å². The maximum absolute atomic E-state index is 11.9. The van der Waals surface area contributed by atoms with Crippen molar-refractivity contribution in [3.05, 3.63) is 32.7 Å². The normalized spacial score (nSPS) is 11.8. The molecule has 0 saturated carbocycles. The molecule has 1 aromatic heterocycles. The van der Waals surface area contributed by atoms with E-state index < -0.39 is 12.6 Å². The van der Waals surface area contributed by atoms with Gasteiger partial charge in [0.15, 0.2) is 0 Å². The minimum Gasteiger partial charge on any atom is -0.314 e. The molecule has 2 nitrogen and oxygen atoms in total. The van der Waals surface area contributed by atoms with Gasteiger partial charge in [-0.2, -0.15) is 13.2 Å². The fourth-order valence-corrected chi connectivity index (χ4v) is 1.74. The number of pyridine rings is 1. The molecule has 0 saturated heterocycles. The first kappa shape index (κ1) is 12.3. The molecule has 0 N–H and O–H groups in total. The molecule has 0 unspecified atom stereocenters. The van der Waals surface area contributed by atoms with Crippen LogP contribution in [0.3, 0.4) is 0 Å². The van der Waals surface area contributed by atoms with E-state index in [9.17, 15) is 18.0 Å². The molecular formula is C9H9BrF3NO. The van der Waals surface area contributed by atoms with E-state index in [1.54, 1.807) is 13.0 Å². The van der Waals surface area contributed by atoms with E-state index in [0.29, 0.717) is 10.0 Å². The first-order chi connectivity index (χ1) is 6.79. The van der Waals surface area contributed by atoms with Gasteiger partial charge in [0.2, 0.25) is 0 Å². The van der Waals surface area contributed by atoms with E-state index in [4.69, 9.17) is 0 Å². The average molecular weight is 284 g/mol. The van der Waals surface area contributed by atoms with Gasteiger partial charge in [-0.05, 0) is 28.9 Å². The Morgan fingerprint density at radius 3 is 2.60 bits per heavy atom. The average Bonchev–Trinajstić information content (AvgIpc) is 2.07. The molecule has 0 aliphatic heterocycles. The van der Waals surface area contributed by atoms with Crippen molar-refractivity contribution in [2.75, 3.05) is 0 Å². The molecule has 0 spiro atoms. The van der Waals surface area contributed by atoms with Crippen LogP contribution < -0.4 is 5.56 Å². The third-order valence-corrected chi connectivity index (χ3v) is 2.30. The first-order valence-electron chi connectivity index (χ1n) is 4.23. The predicted molar refractivity (Wildman–Crippen MR) is 53.8 cm³/mol. The molecule has 0 aliphatic rings. The van der Waals surface area contributed by atoms with Crippen LogP contribution in [-0.4, -0.2) is 10.7 Å². The standard InChI is InChI=1S/C9H9BrF3NO/c1-6-4-7(10)5-14(8(6)15)3-2-9(11,12)13/h4-5H,2-3H2,1H3. The van der Waals surface area contributed by atoms with E-state index in [1.807, 2.05) is 0 Å². The van der Waals surface area contributed by atoms with Crippen LogP contribution in [0.25, 0.3) is 0 Å². The number of aryl methyl sites for hydroxylation is 2. The molecule has 1 aromatic rings. The molecule has 0 aliphatic carbocycles. The monoisotopic (exact) mass is 283 g/mol. The van der Waals surface area contributed by atoms with Crippen molar-refractivity contribution in [1.29, 1.82) is 0 Å². The molecule has 0 bridgehead atoms. The van der Waals surface area contributed by atoms with Gasteiger partial charge in [-0.15, -0.1) is 0 Å². The van der Waals surface area contributed by atoms with Crippen LogP contribution in [0.4, 0.5) is 13.2 Å². The SMILES string of the molecule is Cc1cc(Br)cn(CCC(F)(F)F)c1=O. The number of alkyl halides is 3. The van der Waals surface area contributed by atoms with E-state index in [2.05, 4.69) is 15.9 Å². The zero-order valence-electron chi connectivity index (χ0n) is 7.94. The summed E-state index contributed by atoms with van der Waals surface area (Å²) in [6, 6.07) is 1.58. The smallest absolute Gasteiger partial charge is 0.314 e. The second-order valence-electron chi connectivity index (χ2n) is 3.21. The third-order valence-electron chi connectivity index (χ3n) is 1.87. The van der Waals surface area contributed by atoms with E-state index in [0.717, 1.165) is 4.57 Å². The number of hydrogen-bond acceptors (Lipinski definition) is 1. The van der Waals surface area contributed by atoms with Gasteiger partial charge < -0.3 is 4.57 Å². The molecule has 0 atom stereocenters. The van der Waals surface area contributed by atoms with Gasteiger partial charge in [-0.1, -0.05) is 0 Å². The fourth-order valence-electron chi connectivity index (χ4n) is 1.15. The largest absolute Gasteiger partial charge is 0.390 e. The Bertz CT molecular complexity index is 411. The molecule has 0 aromatic carbocycles. The minimum absolute atomic E-state index is 0.345. The highest BCUT2D eigenvalue weighted by Gasteiger charge is 2.26. The van der Waals surface area contributed by atoms with Crippen molar-refractivity contribution in [3.63, 3.8) is 0 Å². The van der Waals surface area contributed by atoms with Crippen LogP contribution in [0.5, 0.6) is 0 Å². The lowest BCUT2D eigenvalue weighted by molar-refractivity contribution is -0.136. The van der Waals surface area contributed by atoms with Crippen LogP contribution >= 0.6 is 15.9 Å². The quantitative estimate of drug-likeness (QED) is 0.818. The molecule has 1 heterocycles. The summed E-state index contributed by atoms with van der Waals surface area (Å²) in [5.41, 5.74) is 0.0361. The van der Waals surface area contributed by atoms with Gasteiger partial charge in [-0.25, -0.2) is 0 Å². The van der Waals surface area contributed by atoms with Gasteiger partial charge in [0.05, 0.1) is 6.42 Å². The lowest BCUT2D eigenvalue weighted by Crippen LogP contribution is -2.24. The van der Waals surface area contributed by atoms with Crippen molar-refractivity contribution >= 4 is 15.9 Å².